The van der Waals surface area contributed by atoms with Crippen LogP contribution in [0.4, 0.5) is 0 Å². The Hall–Kier alpha value is -1.93. The van der Waals surface area contributed by atoms with Crippen LogP contribution >= 0.6 is 0 Å². The highest BCUT2D eigenvalue weighted by Crippen LogP contribution is 2.17. The van der Waals surface area contributed by atoms with E-state index in [1.165, 1.54) is 0 Å². The Labute approximate surface area is 107 Å². The van der Waals surface area contributed by atoms with Gasteiger partial charge in [-0.15, -0.1) is 0 Å². The first-order valence-electron chi connectivity index (χ1n) is 6.12. The summed E-state index contributed by atoms with van der Waals surface area (Å²) in [6.07, 6.45) is 0. The number of ketones is 1. The fourth-order valence-corrected chi connectivity index (χ4v) is 1.88. The standard InChI is InChI=1S/C16H17NO/c1-12(11-17)14-8-5-9-15(10-14)16(18)13-6-3-2-4-7-13/h2-10,12H,11,17H2,1H3/t12-/m1/s1. The third-order valence-corrected chi connectivity index (χ3v) is 3.11. The molecule has 0 aliphatic carbocycles. The number of benzene rings is 2. The van der Waals surface area contributed by atoms with Gasteiger partial charge in [0.15, 0.2) is 5.78 Å². The molecule has 0 fully saturated rings. The first-order valence-corrected chi connectivity index (χ1v) is 6.12. The molecule has 1 atom stereocenters. The van der Waals surface area contributed by atoms with Gasteiger partial charge in [0.25, 0.3) is 0 Å². The van der Waals surface area contributed by atoms with Crippen LogP contribution in [0.5, 0.6) is 0 Å². The van der Waals surface area contributed by atoms with Crippen molar-refractivity contribution in [2.45, 2.75) is 12.8 Å². The lowest BCUT2D eigenvalue weighted by atomic mass is 9.96. The summed E-state index contributed by atoms with van der Waals surface area (Å²) in [4.78, 5) is 12.3. The Kier molecular flexibility index (Phi) is 3.90. The molecule has 0 radical (unpaired) electrons. The quantitative estimate of drug-likeness (QED) is 0.833. The molecule has 0 aromatic heterocycles. The van der Waals surface area contributed by atoms with Gasteiger partial charge in [0.1, 0.15) is 0 Å². The highest BCUT2D eigenvalue weighted by molar-refractivity contribution is 6.09. The summed E-state index contributed by atoms with van der Waals surface area (Å²) < 4.78 is 0. The second kappa shape index (κ2) is 5.61. The number of carbonyl (C=O) groups excluding carboxylic acids is 1. The van der Waals surface area contributed by atoms with Crippen molar-refractivity contribution in [3.05, 3.63) is 71.3 Å². The number of hydrogen-bond acceptors (Lipinski definition) is 2. The Balaban J connectivity index is 2.32. The molecule has 2 aromatic carbocycles. The molecular formula is C16H17NO. The van der Waals surface area contributed by atoms with Crippen molar-refractivity contribution in [1.82, 2.24) is 0 Å². The second-order valence-electron chi connectivity index (χ2n) is 4.46. The molecule has 2 rings (SSSR count). The molecule has 2 N–H and O–H groups in total. The molecule has 0 bridgehead atoms. The molecule has 0 unspecified atom stereocenters. The van der Waals surface area contributed by atoms with Gasteiger partial charge in [-0.25, -0.2) is 0 Å². The highest BCUT2D eigenvalue weighted by Gasteiger charge is 2.10. The summed E-state index contributed by atoms with van der Waals surface area (Å²) in [6.45, 7) is 2.65. The average Bonchev–Trinajstić information content (AvgIpc) is 2.46. The van der Waals surface area contributed by atoms with Crippen LogP contribution in [-0.4, -0.2) is 12.3 Å². The van der Waals surface area contributed by atoms with Crippen molar-refractivity contribution in [3.63, 3.8) is 0 Å². The van der Waals surface area contributed by atoms with Crippen LogP contribution in [0.15, 0.2) is 54.6 Å². The maximum atomic E-state index is 12.3. The lowest BCUT2D eigenvalue weighted by Gasteiger charge is -2.10. The minimum Gasteiger partial charge on any atom is -0.330 e. The third kappa shape index (κ3) is 2.66. The number of nitrogens with two attached hydrogens (primary N) is 1. The van der Waals surface area contributed by atoms with E-state index in [1.54, 1.807) is 0 Å². The van der Waals surface area contributed by atoms with Crippen LogP contribution in [0.1, 0.15) is 34.3 Å². The Morgan fingerprint density at radius 2 is 1.72 bits per heavy atom. The van der Waals surface area contributed by atoms with E-state index >= 15 is 0 Å². The molecule has 0 amide bonds. The van der Waals surface area contributed by atoms with Crippen molar-refractivity contribution in [3.8, 4) is 0 Å². The first kappa shape index (κ1) is 12.5. The number of rotatable bonds is 4. The smallest absolute Gasteiger partial charge is 0.193 e. The average molecular weight is 239 g/mol. The van der Waals surface area contributed by atoms with Crippen LogP contribution in [0, 0.1) is 0 Å². The van der Waals surface area contributed by atoms with Crippen molar-refractivity contribution in [2.24, 2.45) is 5.73 Å². The van der Waals surface area contributed by atoms with Gasteiger partial charge in [-0.3, -0.25) is 4.79 Å². The Morgan fingerprint density at radius 1 is 1.06 bits per heavy atom. The fraction of sp³-hybridized carbons (Fsp3) is 0.188. The minimum atomic E-state index is 0.0571. The monoisotopic (exact) mass is 239 g/mol. The van der Waals surface area contributed by atoms with E-state index in [9.17, 15) is 4.79 Å². The summed E-state index contributed by atoms with van der Waals surface area (Å²) in [5.41, 5.74) is 8.21. The molecule has 0 heterocycles. The third-order valence-electron chi connectivity index (χ3n) is 3.11. The van der Waals surface area contributed by atoms with E-state index in [4.69, 9.17) is 5.73 Å². The van der Waals surface area contributed by atoms with Gasteiger partial charge in [-0.2, -0.15) is 0 Å². The number of carbonyl (C=O) groups is 1. The summed E-state index contributed by atoms with van der Waals surface area (Å²) in [5.74, 6) is 0.329. The second-order valence-corrected chi connectivity index (χ2v) is 4.46. The molecule has 2 aromatic rings. The number of hydrogen-bond donors (Lipinski definition) is 1. The molecule has 92 valence electrons. The summed E-state index contributed by atoms with van der Waals surface area (Å²) in [7, 11) is 0. The predicted molar refractivity (Wildman–Crippen MR) is 73.8 cm³/mol. The molecule has 2 heteroatoms. The van der Waals surface area contributed by atoms with Gasteiger partial charge in [-0.05, 0) is 24.1 Å². The fourth-order valence-electron chi connectivity index (χ4n) is 1.88. The van der Waals surface area contributed by atoms with Crippen molar-refractivity contribution in [2.75, 3.05) is 6.54 Å². The first-order chi connectivity index (χ1) is 8.72. The molecule has 0 aliphatic heterocycles. The summed E-state index contributed by atoms with van der Waals surface area (Å²) in [5, 5.41) is 0. The van der Waals surface area contributed by atoms with E-state index in [0.29, 0.717) is 6.54 Å². The molecule has 18 heavy (non-hydrogen) atoms. The van der Waals surface area contributed by atoms with Crippen LogP contribution in [0.2, 0.25) is 0 Å². The molecule has 2 nitrogen and oxygen atoms in total. The zero-order chi connectivity index (χ0) is 13.0. The minimum absolute atomic E-state index is 0.0571. The topological polar surface area (TPSA) is 43.1 Å². The normalized spacial score (nSPS) is 12.1. The largest absolute Gasteiger partial charge is 0.330 e. The maximum Gasteiger partial charge on any atom is 0.193 e. The molecule has 0 spiro atoms. The lowest BCUT2D eigenvalue weighted by Crippen LogP contribution is -2.10. The van der Waals surface area contributed by atoms with E-state index in [2.05, 4.69) is 6.92 Å². The van der Waals surface area contributed by atoms with Crippen LogP contribution in [0.3, 0.4) is 0 Å². The summed E-state index contributed by atoms with van der Waals surface area (Å²) in [6, 6.07) is 17.0. The Morgan fingerprint density at radius 3 is 2.39 bits per heavy atom. The molecular weight excluding hydrogens is 222 g/mol. The van der Waals surface area contributed by atoms with E-state index in [-0.39, 0.29) is 11.7 Å². The van der Waals surface area contributed by atoms with Crippen molar-refractivity contribution < 1.29 is 4.79 Å². The van der Waals surface area contributed by atoms with Crippen LogP contribution in [0.25, 0.3) is 0 Å². The summed E-state index contributed by atoms with van der Waals surface area (Å²) >= 11 is 0. The molecule has 0 aliphatic rings. The van der Waals surface area contributed by atoms with Crippen molar-refractivity contribution >= 4 is 5.78 Å². The van der Waals surface area contributed by atoms with Crippen LogP contribution < -0.4 is 5.73 Å². The van der Waals surface area contributed by atoms with E-state index in [0.717, 1.165) is 16.7 Å². The Bertz CT molecular complexity index is 534. The van der Waals surface area contributed by atoms with Gasteiger partial charge in [0.2, 0.25) is 0 Å². The van der Waals surface area contributed by atoms with Gasteiger partial charge >= 0.3 is 0 Å². The van der Waals surface area contributed by atoms with Crippen LogP contribution in [-0.2, 0) is 0 Å². The van der Waals surface area contributed by atoms with Crippen molar-refractivity contribution in [1.29, 1.82) is 0 Å². The zero-order valence-electron chi connectivity index (χ0n) is 10.5. The SMILES string of the molecule is C[C@H](CN)c1cccc(C(=O)c2ccccc2)c1. The van der Waals surface area contributed by atoms with Gasteiger partial charge < -0.3 is 5.73 Å². The maximum absolute atomic E-state index is 12.3. The van der Waals surface area contributed by atoms with Gasteiger partial charge in [0, 0.05) is 11.1 Å². The van der Waals surface area contributed by atoms with E-state index < -0.39 is 0 Å². The lowest BCUT2D eigenvalue weighted by molar-refractivity contribution is 0.103. The molecule has 0 saturated carbocycles. The predicted octanol–water partition coefficient (Wildman–Crippen LogP) is 2.98. The highest BCUT2D eigenvalue weighted by atomic mass is 16.1. The van der Waals surface area contributed by atoms with Gasteiger partial charge in [-0.1, -0.05) is 55.5 Å². The van der Waals surface area contributed by atoms with Gasteiger partial charge in [0.05, 0.1) is 0 Å². The molecule has 0 saturated heterocycles. The zero-order valence-corrected chi connectivity index (χ0v) is 10.5. The van der Waals surface area contributed by atoms with E-state index in [1.807, 2.05) is 54.6 Å².